The zero-order valence-corrected chi connectivity index (χ0v) is 5.99. The van der Waals surface area contributed by atoms with E-state index < -0.39 is 6.10 Å². The second-order valence-electron chi connectivity index (χ2n) is 2.25. The number of aliphatic hydroxyl groups is 1. The van der Waals surface area contributed by atoms with Crippen molar-refractivity contribution in [3.05, 3.63) is 23.9 Å². The molecule has 1 atom stereocenters. The topological polar surface area (TPSA) is 32.6 Å². The Morgan fingerprint density at radius 2 is 2.50 bits per heavy atom. The van der Waals surface area contributed by atoms with Crippen molar-refractivity contribution in [3.8, 4) is 0 Å². The molecule has 0 fully saturated rings. The molecule has 0 aliphatic carbocycles. The van der Waals surface area contributed by atoms with E-state index in [0.29, 0.717) is 0 Å². The van der Waals surface area contributed by atoms with Gasteiger partial charge in [-0.15, -0.1) is 0 Å². The molecule has 2 heteroatoms. The highest BCUT2D eigenvalue weighted by Gasteiger charge is 2.00. The first-order chi connectivity index (χ1) is 4.80. The summed E-state index contributed by atoms with van der Waals surface area (Å²) in [5.74, 6) is 0. The minimum Gasteiger partial charge on any atom is -0.387 e. The Bertz CT molecular complexity index is 189. The molecule has 54 valence electrons. The Morgan fingerprint density at radius 1 is 1.70 bits per heavy atom. The molecule has 0 aromatic rings. The molecule has 1 aliphatic heterocycles. The van der Waals surface area contributed by atoms with Crippen LogP contribution in [0.1, 0.15) is 13.3 Å². The van der Waals surface area contributed by atoms with Crippen LogP contribution in [0.5, 0.6) is 0 Å². The number of hydrogen-bond acceptors (Lipinski definition) is 2. The van der Waals surface area contributed by atoms with E-state index in [1.807, 2.05) is 18.2 Å². The molecule has 0 radical (unpaired) electrons. The van der Waals surface area contributed by atoms with Crippen LogP contribution in [0.25, 0.3) is 0 Å². The molecule has 10 heavy (non-hydrogen) atoms. The molecule has 0 aromatic heterocycles. The summed E-state index contributed by atoms with van der Waals surface area (Å²) in [6, 6.07) is 0. The fourth-order valence-electron chi connectivity index (χ4n) is 0.788. The molecular weight excluding hydrogens is 126 g/mol. The van der Waals surface area contributed by atoms with Gasteiger partial charge in [0.1, 0.15) is 0 Å². The lowest BCUT2D eigenvalue weighted by atomic mass is 10.2. The lowest BCUT2D eigenvalue weighted by Gasteiger charge is -2.01. The summed E-state index contributed by atoms with van der Waals surface area (Å²) < 4.78 is 0. The van der Waals surface area contributed by atoms with Gasteiger partial charge in [-0.25, -0.2) is 0 Å². The highest BCUT2D eigenvalue weighted by molar-refractivity contribution is 5.72. The highest BCUT2D eigenvalue weighted by Crippen LogP contribution is 2.06. The fourth-order valence-corrected chi connectivity index (χ4v) is 0.788. The summed E-state index contributed by atoms with van der Waals surface area (Å²) >= 11 is 0. The molecule has 0 aromatic carbocycles. The summed E-state index contributed by atoms with van der Waals surface area (Å²) in [5, 5.41) is 9.09. The second-order valence-corrected chi connectivity index (χ2v) is 2.25. The second kappa shape index (κ2) is 3.32. The normalized spacial score (nSPS) is 20.0. The van der Waals surface area contributed by atoms with Crippen LogP contribution in [-0.2, 0) is 0 Å². The molecular formula is C8H11NO. The summed E-state index contributed by atoms with van der Waals surface area (Å²) in [6.45, 7) is 1.72. The molecule has 1 heterocycles. The van der Waals surface area contributed by atoms with E-state index in [9.17, 15) is 0 Å². The third-order valence-corrected chi connectivity index (χ3v) is 1.34. The molecule has 0 saturated carbocycles. The van der Waals surface area contributed by atoms with Crippen LogP contribution in [-0.4, -0.2) is 17.4 Å². The maximum atomic E-state index is 9.09. The van der Waals surface area contributed by atoms with E-state index in [4.69, 9.17) is 5.11 Å². The molecule has 0 spiro atoms. The van der Waals surface area contributed by atoms with Crippen LogP contribution in [0.2, 0.25) is 0 Å². The Kier molecular flexibility index (Phi) is 2.40. The van der Waals surface area contributed by atoms with Crippen molar-refractivity contribution < 1.29 is 5.11 Å². The Hall–Kier alpha value is -0.890. The van der Waals surface area contributed by atoms with Gasteiger partial charge >= 0.3 is 0 Å². The van der Waals surface area contributed by atoms with Gasteiger partial charge in [0.15, 0.2) is 0 Å². The third kappa shape index (κ3) is 1.81. The Morgan fingerprint density at radius 3 is 3.20 bits per heavy atom. The van der Waals surface area contributed by atoms with E-state index in [2.05, 4.69) is 4.99 Å². The van der Waals surface area contributed by atoms with Crippen molar-refractivity contribution in [3.63, 3.8) is 0 Å². The van der Waals surface area contributed by atoms with Gasteiger partial charge in [-0.2, -0.15) is 0 Å². The molecule has 1 rings (SSSR count). The van der Waals surface area contributed by atoms with E-state index in [0.717, 1.165) is 12.1 Å². The maximum Gasteiger partial charge on any atom is 0.0928 e. The molecule has 1 unspecified atom stereocenters. The largest absolute Gasteiger partial charge is 0.387 e. The van der Waals surface area contributed by atoms with Crippen molar-refractivity contribution in [2.24, 2.45) is 4.99 Å². The van der Waals surface area contributed by atoms with E-state index >= 15 is 0 Å². The first-order valence-corrected chi connectivity index (χ1v) is 3.38. The zero-order valence-electron chi connectivity index (χ0n) is 5.99. The van der Waals surface area contributed by atoms with Crippen molar-refractivity contribution in [2.75, 3.05) is 0 Å². The molecule has 1 N–H and O–H groups in total. The van der Waals surface area contributed by atoms with Crippen molar-refractivity contribution >= 4 is 6.21 Å². The van der Waals surface area contributed by atoms with Gasteiger partial charge in [0.25, 0.3) is 0 Å². The minimum atomic E-state index is -0.448. The summed E-state index contributed by atoms with van der Waals surface area (Å²) in [6.07, 6.45) is 7.91. The number of hydrogen-bond donors (Lipinski definition) is 1. The van der Waals surface area contributed by atoms with Crippen LogP contribution in [0.15, 0.2) is 28.9 Å². The van der Waals surface area contributed by atoms with Crippen molar-refractivity contribution in [2.45, 2.75) is 19.4 Å². The zero-order chi connectivity index (χ0) is 7.40. The standard InChI is InChI=1S/C8H11NO/c1-7(10)8-5-3-2-4-6-9-8/h2,4-7,10H,3H2,1H3. The third-order valence-electron chi connectivity index (χ3n) is 1.34. The number of aliphatic hydroxyl groups excluding tert-OH is 1. The van der Waals surface area contributed by atoms with Gasteiger partial charge in [0.2, 0.25) is 0 Å². The van der Waals surface area contributed by atoms with Crippen molar-refractivity contribution in [1.29, 1.82) is 0 Å². The molecule has 1 aliphatic rings. The maximum absolute atomic E-state index is 9.09. The summed E-state index contributed by atoms with van der Waals surface area (Å²) in [7, 11) is 0. The monoisotopic (exact) mass is 137 g/mol. The minimum absolute atomic E-state index is 0.448. The summed E-state index contributed by atoms with van der Waals surface area (Å²) in [4.78, 5) is 4.02. The number of aliphatic imine (C=N–C) groups is 1. The number of allylic oxidation sites excluding steroid dienone is 3. The predicted octanol–water partition coefficient (Wildman–Crippen LogP) is 1.28. The van der Waals surface area contributed by atoms with Gasteiger partial charge in [-0.05, 0) is 19.4 Å². The van der Waals surface area contributed by atoms with Crippen LogP contribution in [0, 0.1) is 0 Å². The highest BCUT2D eigenvalue weighted by atomic mass is 16.3. The predicted molar refractivity (Wildman–Crippen MR) is 42.0 cm³/mol. The van der Waals surface area contributed by atoms with E-state index in [1.165, 1.54) is 0 Å². The van der Waals surface area contributed by atoms with Crippen LogP contribution in [0.4, 0.5) is 0 Å². The number of nitrogens with zero attached hydrogens (tertiary/aromatic N) is 1. The lowest BCUT2D eigenvalue weighted by Crippen LogP contribution is -2.01. The van der Waals surface area contributed by atoms with Crippen molar-refractivity contribution in [1.82, 2.24) is 0 Å². The molecule has 0 amide bonds. The Balaban J connectivity index is 2.69. The molecule has 0 bridgehead atoms. The van der Waals surface area contributed by atoms with E-state index in [-0.39, 0.29) is 0 Å². The van der Waals surface area contributed by atoms with Gasteiger partial charge in [-0.3, -0.25) is 4.99 Å². The van der Waals surface area contributed by atoms with Crippen LogP contribution >= 0.6 is 0 Å². The van der Waals surface area contributed by atoms with Crippen LogP contribution in [0.3, 0.4) is 0 Å². The van der Waals surface area contributed by atoms with Gasteiger partial charge in [0, 0.05) is 6.21 Å². The van der Waals surface area contributed by atoms with Crippen LogP contribution < -0.4 is 0 Å². The van der Waals surface area contributed by atoms with Gasteiger partial charge < -0.3 is 5.11 Å². The summed E-state index contributed by atoms with van der Waals surface area (Å²) in [5.41, 5.74) is 0.755. The SMILES string of the molecule is CC(O)C1=CCC=CC=N1. The first-order valence-electron chi connectivity index (χ1n) is 3.38. The quantitative estimate of drug-likeness (QED) is 0.580. The first kappa shape index (κ1) is 7.22. The number of rotatable bonds is 1. The fraction of sp³-hybridized carbons (Fsp3) is 0.375. The lowest BCUT2D eigenvalue weighted by molar-refractivity contribution is 0.230. The smallest absolute Gasteiger partial charge is 0.0928 e. The Labute approximate surface area is 60.6 Å². The average molecular weight is 137 g/mol. The van der Waals surface area contributed by atoms with E-state index in [1.54, 1.807) is 13.1 Å². The molecule has 2 nitrogen and oxygen atoms in total. The van der Waals surface area contributed by atoms with Gasteiger partial charge in [-0.1, -0.05) is 12.2 Å². The van der Waals surface area contributed by atoms with Gasteiger partial charge in [0.05, 0.1) is 11.8 Å². The molecule has 0 saturated heterocycles. The average Bonchev–Trinajstić information content (AvgIpc) is 2.12.